The van der Waals surface area contributed by atoms with Crippen LogP contribution in [0.2, 0.25) is 0 Å². The molecule has 1 aromatic rings. The molecule has 2 N–H and O–H groups in total. The second-order valence-corrected chi connectivity index (χ2v) is 9.52. The molecule has 1 unspecified atom stereocenters. The third kappa shape index (κ3) is 7.11. The van der Waals surface area contributed by atoms with Crippen LogP contribution in [0.15, 0.2) is 30.3 Å². The van der Waals surface area contributed by atoms with Gasteiger partial charge in [-0.2, -0.15) is 0 Å². The number of amides is 1. The molecule has 0 radical (unpaired) electrons. The van der Waals surface area contributed by atoms with Crippen LogP contribution in [0.5, 0.6) is 0 Å². The lowest BCUT2D eigenvalue weighted by Crippen LogP contribution is -2.47. The third-order valence-corrected chi connectivity index (χ3v) is 6.27. The van der Waals surface area contributed by atoms with Crippen LogP contribution in [0.1, 0.15) is 80.2 Å². The van der Waals surface area contributed by atoms with Crippen LogP contribution >= 0.6 is 0 Å². The molecule has 0 heterocycles. The molecular formula is C25H45N3O. The number of hydrogen-bond acceptors (Lipinski definition) is 3. The molecule has 1 aromatic carbocycles. The van der Waals surface area contributed by atoms with Crippen LogP contribution in [-0.4, -0.2) is 53.0 Å². The minimum Gasteiger partial charge on any atom is -0.369 e. The van der Waals surface area contributed by atoms with Gasteiger partial charge >= 0.3 is 0 Å². The summed E-state index contributed by atoms with van der Waals surface area (Å²) in [5.41, 5.74) is 6.54. The van der Waals surface area contributed by atoms with Gasteiger partial charge in [-0.1, -0.05) is 30.3 Å². The number of rotatable bonds is 13. The highest BCUT2D eigenvalue weighted by Gasteiger charge is 2.38. The number of carbonyl (C=O) groups excluding carboxylic acids is 1. The molecule has 0 saturated carbocycles. The maximum Gasteiger partial charge on any atom is 0.228 e. The van der Waals surface area contributed by atoms with E-state index in [9.17, 15) is 4.79 Å². The van der Waals surface area contributed by atoms with Gasteiger partial charge in [0.1, 0.15) is 0 Å². The number of benzene rings is 1. The summed E-state index contributed by atoms with van der Waals surface area (Å²) in [5.74, 6) is -0.197. The molecule has 166 valence electrons. The summed E-state index contributed by atoms with van der Waals surface area (Å²) in [6.45, 7) is 19.7. The van der Waals surface area contributed by atoms with Crippen molar-refractivity contribution in [1.29, 1.82) is 0 Å². The summed E-state index contributed by atoms with van der Waals surface area (Å²) < 4.78 is 0. The van der Waals surface area contributed by atoms with Crippen molar-refractivity contribution < 1.29 is 4.79 Å². The van der Waals surface area contributed by atoms with Gasteiger partial charge in [0.05, 0.1) is 5.41 Å². The van der Waals surface area contributed by atoms with Crippen molar-refractivity contribution in [3.63, 3.8) is 0 Å². The third-order valence-electron chi connectivity index (χ3n) is 6.27. The first-order valence-corrected chi connectivity index (χ1v) is 11.4. The Balaban J connectivity index is 3.11. The second kappa shape index (κ2) is 11.7. The monoisotopic (exact) mass is 403 g/mol. The number of nitrogens with two attached hydrogens (primary N) is 1. The highest BCUT2D eigenvalue weighted by molar-refractivity contribution is 5.86. The molecule has 0 aromatic heterocycles. The molecule has 0 aliphatic carbocycles. The Hall–Kier alpha value is -1.39. The van der Waals surface area contributed by atoms with Crippen LogP contribution < -0.4 is 5.73 Å². The minimum atomic E-state index is -0.622. The summed E-state index contributed by atoms with van der Waals surface area (Å²) in [5, 5.41) is 0. The normalized spacial score (nSPS) is 14.6. The van der Waals surface area contributed by atoms with Gasteiger partial charge in [0.15, 0.2) is 0 Å². The molecule has 0 aliphatic heterocycles. The first-order valence-electron chi connectivity index (χ1n) is 11.4. The quantitative estimate of drug-likeness (QED) is 0.514. The molecule has 1 amide bonds. The second-order valence-electron chi connectivity index (χ2n) is 9.52. The highest BCUT2D eigenvalue weighted by atomic mass is 16.1. The fourth-order valence-electron chi connectivity index (χ4n) is 4.67. The molecule has 1 atom stereocenters. The summed E-state index contributed by atoms with van der Waals surface area (Å²) in [4.78, 5) is 17.9. The first kappa shape index (κ1) is 25.6. The zero-order valence-corrected chi connectivity index (χ0v) is 20.1. The van der Waals surface area contributed by atoms with Crippen molar-refractivity contribution in [2.45, 2.75) is 104 Å². The smallest absolute Gasteiger partial charge is 0.228 e. The molecule has 1 rings (SSSR count). The number of primary amides is 1. The number of hydrogen-bond donors (Lipinski definition) is 1. The van der Waals surface area contributed by atoms with Crippen molar-refractivity contribution in [3.05, 3.63) is 35.9 Å². The fourth-order valence-corrected chi connectivity index (χ4v) is 4.67. The van der Waals surface area contributed by atoms with E-state index in [0.717, 1.165) is 37.9 Å². The molecule has 29 heavy (non-hydrogen) atoms. The lowest BCUT2D eigenvalue weighted by molar-refractivity contribution is -0.124. The molecule has 0 spiro atoms. The van der Waals surface area contributed by atoms with Gasteiger partial charge in [0.2, 0.25) is 5.91 Å². The van der Waals surface area contributed by atoms with E-state index in [2.05, 4.69) is 77.3 Å². The van der Waals surface area contributed by atoms with E-state index in [-0.39, 0.29) is 5.91 Å². The van der Waals surface area contributed by atoms with Crippen LogP contribution in [0, 0.1) is 0 Å². The first-order chi connectivity index (χ1) is 13.5. The summed E-state index contributed by atoms with van der Waals surface area (Å²) >= 11 is 0. The zero-order chi connectivity index (χ0) is 22.2. The standard InChI is InChI=1S/C25H45N3O/c1-19(2)27(20(3)4)17-12-15-25(24(26)29,23-13-10-9-11-14-23)16-18-28(21(5)6)22(7)8/h9-11,13-14,19-22H,12,15-18H2,1-8H3,(H2,26,29). The van der Waals surface area contributed by atoms with Gasteiger partial charge in [0.25, 0.3) is 0 Å². The Labute approximate surface area is 179 Å². The van der Waals surface area contributed by atoms with E-state index in [1.165, 1.54) is 0 Å². The highest BCUT2D eigenvalue weighted by Crippen LogP contribution is 2.34. The van der Waals surface area contributed by atoms with Crippen molar-refractivity contribution in [2.75, 3.05) is 13.1 Å². The van der Waals surface area contributed by atoms with Crippen molar-refractivity contribution in [1.82, 2.24) is 9.80 Å². The van der Waals surface area contributed by atoms with E-state index in [1.54, 1.807) is 0 Å². The summed E-state index contributed by atoms with van der Waals surface area (Å²) in [6, 6.07) is 12.0. The average Bonchev–Trinajstić information content (AvgIpc) is 2.62. The van der Waals surface area contributed by atoms with Crippen LogP contribution in [0.4, 0.5) is 0 Å². The van der Waals surface area contributed by atoms with E-state index < -0.39 is 5.41 Å². The topological polar surface area (TPSA) is 49.6 Å². The van der Waals surface area contributed by atoms with Crippen LogP contribution in [0.25, 0.3) is 0 Å². The summed E-state index contributed by atoms with van der Waals surface area (Å²) in [6.07, 6.45) is 2.50. The lowest BCUT2D eigenvalue weighted by atomic mass is 9.73. The van der Waals surface area contributed by atoms with Gasteiger partial charge in [0, 0.05) is 30.7 Å². The van der Waals surface area contributed by atoms with Crippen LogP contribution in [0.3, 0.4) is 0 Å². The maximum atomic E-state index is 12.9. The van der Waals surface area contributed by atoms with Gasteiger partial charge in [-0.15, -0.1) is 0 Å². The molecule has 0 bridgehead atoms. The van der Waals surface area contributed by atoms with Crippen molar-refractivity contribution in [2.24, 2.45) is 5.73 Å². The number of carbonyl (C=O) groups is 1. The summed E-state index contributed by atoms with van der Waals surface area (Å²) in [7, 11) is 0. The van der Waals surface area contributed by atoms with E-state index in [0.29, 0.717) is 24.2 Å². The Kier molecular flexibility index (Phi) is 10.4. The van der Waals surface area contributed by atoms with Gasteiger partial charge < -0.3 is 5.73 Å². The Morgan fingerprint density at radius 2 is 1.24 bits per heavy atom. The molecule has 0 aliphatic rings. The number of nitrogens with zero attached hydrogens (tertiary/aromatic N) is 2. The van der Waals surface area contributed by atoms with Crippen molar-refractivity contribution in [3.8, 4) is 0 Å². The SMILES string of the molecule is CC(C)N(CCCC(CCN(C(C)C)C(C)C)(C(N)=O)c1ccccc1)C(C)C. The Morgan fingerprint density at radius 3 is 1.66 bits per heavy atom. The predicted molar refractivity (Wildman–Crippen MR) is 125 cm³/mol. The molecule has 4 nitrogen and oxygen atoms in total. The fraction of sp³-hybridized carbons (Fsp3) is 0.720. The largest absolute Gasteiger partial charge is 0.369 e. The minimum absolute atomic E-state index is 0.197. The van der Waals surface area contributed by atoms with Gasteiger partial charge in [-0.25, -0.2) is 0 Å². The van der Waals surface area contributed by atoms with E-state index >= 15 is 0 Å². The van der Waals surface area contributed by atoms with Crippen LogP contribution in [-0.2, 0) is 10.2 Å². The molecule has 0 saturated heterocycles. The molecule has 4 heteroatoms. The lowest BCUT2D eigenvalue weighted by Gasteiger charge is -2.38. The Bertz CT molecular complexity index is 581. The molecular weight excluding hydrogens is 358 g/mol. The van der Waals surface area contributed by atoms with Gasteiger partial charge in [-0.3, -0.25) is 14.6 Å². The van der Waals surface area contributed by atoms with Crippen molar-refractivity contribution >= 4 is 5.91 Å². The predicted octanol–water partition coefficient (Wildman–Crippen LogP) is 4.82. The van der Waals surface area contributed by atoms with E-state index in [1.807, 2.05) is 18.2 Å². The maximum absolute atomic E-state index is 12.9. The zero-order valence-electron chi connectivity index (χ0n) is 20.1. The Morgan fingerprint density at radius 1 is 0.793 bits per heavy atom. The van der Waals surface area contributed by atoms with E-state index in [4.69, 9.17) is 5.73 Å². The van der Waals surface area contributed by atoms with Gasteiger partial charge in [-0.05, 0) is 86.8 Å². The average molecular weight is 404 g/mol. The molecule has 0 fully saturated rings.